The van der Waals surface area contributed by atoms with Gasteiger partial charge in [0.15, 0.2) is 0 Å². The van der Waals surface area contributed by atoms with Gasteiger partial charge in [-0.1, -0.05) is 54.6 Å². The molecule has 0 aliphatic heterocycles. The number of aliphatic hydroxyl groups is 1. The first-order chi connectivity index (χ1) is 9.66. The first-order valence-electron chi connectivity index (χ1n) is 6.71. The Labute approximate surface area is 119 Å². The minimum Gasteiger partial charge on any atom is -0.387 e. The summed E-state index contributed by atoms with van der Waals surface area (Å²) >= 11 is 0. The summed E-state index contributed by atoms with van der Waals surface area (Å²) < 4.78 is 0. The zero-order valence-electron chi connectivity index (χ0n) is 11.5. The van der Waals surface area contributed by atoms with Gasteiger partial charge in [0.2, 0.25) is 5.91 Å². The third-order valence-corrected chi connectivity index (χ3v) is 3.29. The molecule has 1 atom stereocenters. The molecule has 3 nitrogen and oxygen atoms in total. The van der Waals surface area contributed by atoms with Gasteiger partial charge in [0.25, 0.3) is 0 Å². The molecule has 2 N–H and O–H groups in total. The predicted octanol–water partition coefficient (Wildman–Crippen LogP) is 2.39. The zero-order chi connectivity index (χ0) is 14.4. The summed E-state index contributed by atoms with van der Waals surface area (Å²) in [5, 5.41) is 12.7. The molecule has 2 rings (SSSR count). The Morgan fingerprint density at radius 2 is 1.75 bits per heavy atom. The molecule has 0 aliphatic carbocycles. The van der Waals surface area contributed by atoms with E-state index in [-0.39, 0.29) is 12.5 Å². The van der Waals surface area contributed by atoms with Crippen LogP contribution in [0.2, 0.25) is 0 Å². The van der Waals surface area contributed by atoms with Crippen LogP contribution >= 0.6 is 0 Å². The van der Waals surface area contributed by atoms with Crippen LogP contribution in [0.15, 0.2) is 54.6 Å². The van der Waals surface area contributed by atoms with E-state index < -0.39 is 6.10 Å². The number of aryl methyl sites for hydroxylation is 1. The summed E-state index contributed by atoms with van der Waals surface area (Å²) in [6.45, 7) is 2.22. The molecule has 1 unspecified atom stereocenters. The molecular formula is C17H19NO2. The molecule has 20 heavy (non-hydrogen) atoms. The fraction of sp³-hybridized carbons (Fsp3) is 0.235. The van der Waals surface area contributed by atoms with E-state index in [9.17, 15) is 9.90 Å². The maximum Gasteiger partial charge on any atom is 0.224 e. The largest absolute Gasteiger partial charge is 0.387 e. The van der Waals surface area contributed by atoms with Crippen molar-refractivity contribution in [2.75, 3.05) is 6.54 Å². The minimum atomic E-state index is -0.669. The molecule has 0 spiro atoms. The lowest BCUT2D eigenvalue weighted by atomic mass is 10.1. The average molecular weight is 269 g/mol. The number of nitrogens with one attached hydrogen (secondary N) is 1. The summed E-state index contributed by atoms with van der Waals surface area (Å²) in [5.41, 5.74) is 2.93. The average Bonchev–Trinajstić information content (AvgIpc) is 2.48. The van der Waals surface area contributed by atoms with E-state index in [0.717, 1.165) is 16.7 Å². The van der Waals surface area contributed by atoms with Crippen molar-refractivity contribution in [2.24, 2.45) is 0 Å². The van der Waals surface area contributed by atoms with E-state index in [1.807, 2.05) is 61.5 Å². The first kappa shape index (κ1) is 14.3. The predicted molar refractivity (Wildman–Crippen MR) is 79.3 cm³/mol. The second-order valence-electron chi connectivity index (χ2n) is 4.83. The molecule has 3 heteroatoms. The molecule has 0 bridgehead atoms. The molecule has 0 aliphatic rings. The summed E-state index contributed by atoms with van der Waals surface area (Å²) in [5.74, 6) is -0.0747. The van der Waals surface area contributed by atoms with Gasteiger partial charge in [0.1, 0.15) is 0 Å². The monoisotopic (exact) mass is 269 g/mol. The van der Waals surface area contributed by atoms with Gasteiger partial charge in [-0.05, 0) is 23.6 Å². The number of rotatable bonds is 5. The third kappa shape index (κ3) is 3.93. The fourth-order valence-electron chi connectivity index (χ4n) is 2.05. The lowest BCUT2D eigenvalue weighted by Crippen LogP contribution is -2.29. The molecule has 0 fully saturated rings. The highest BCUT2D eigenvalue weighted by atomic mass is 16.3. The van der Waals surface area contributed by atoms with Crippen LogP contribution in [0.1, 0.15) is 22.8 Å². The van der Waals surface area contributed by atoms with Gasteiger partial charge in [0.05, 0.1) is 12.5 Å². The first-order valence-corrected chi connectivity index (χ1v) is 6.71. The number of carbonyl (C=O) groups excluding carboxylic acids is 1. The van der Waals surface area contributed by atoms with E-state index in [0.29, 0.717) is 6.42 Å². The molecular weight excluding hydrogens is 250 g/mol. The van der Waals surface area contributed by atoms with Crippen molar-refractivity contribution in [3.63, 3.8) is 0 Å². The standard InChI is InChI=1S/C17H19NO2/c1-13-7-5-6-10-15(13)11-17(20)18-12-16(19)14-8-3-2-4-9-14/h2-10,16,19H,11-12H2,1H3,(H,18,20). The van der Waals surface area contributed by atoms with E-state index in [1.54, 1.807) is 0 Å². The maximum atomic E-state index is 11.9. The lowest BCUT2D eigenvalue weighted by Gasteiger charge is -2.12. The normalized spacial score (nSPS) is 11.9. The highest BCUT2D eigenvalue weighted by molar-refractivity contribution is 5.78. The van der Waals surface area contributed by atoms with Gasteiger partial charge in [-0.15, -0.1) is 0 Å². The van der Waals surface area contributed by atoms with Crippen molar-refractivity contribution in [1.82, 2.24) is 5.32 Å². The van der Waals surface area contributed by atoms with E-state index >= 15 is 0 Å². The highest BCUT2D eigenvalue weighted by Gasteiger charge is 2.10. The number of benzene rings is 2. The lowest BCUT2D eigenvalue weighted by molar-refractivity contribution is -0.120. The van der Waals surface area contributed by atoms with Crippen LogP contribution in [0.25, 0.3) is 0 Å². The van der Waals surface area contributed by atoms with Crippen LogP contribution in [-0.4, -0.2) is 17.6 Å². The maximum absolute atomic E-state index is 11.9. The Kier molecular flexibility index (Phi) is 4.91. The second kappa shape index (κ2) is 6.87. The number of carbonyl (C=O) groups is 1. The van der Waals surface area contributed by atoms with Gasteiger partial charge in [-0.3, -0.25) is 4.79 Å². The second-order valence-corrected chi connectivity index (χ2v) is 4.83. The number of hydrogen-bond donors (Lipinski definition) is 2. The van der Waals surface area contributed by atoms with Crippen molar-refractivity contribution in [1.29, 1.82) is 0 Å². The SMILES string of the molecule is Cc1ccccc1CC(=O)NCC(O)c1ccccc1. The van der Waals surface area contributed by atoms with Crippen LogP contribution in [0.3, 0.4) is 0 Å². The number of hydrogen-bond acceptors (Lipinski definition) is 2. The summed E-state index contributed by atoms with van der Waals surface area (Å²) in [6, 6.07) is 17.1. The van der Waals surface area contributed by atoms with Gasteiger partial charge in [-0.2, -0.15) is 0 Å². The minimum absolute atomic E-state index is 0.0747. The van der Waals surface area contributed by atoms with Gasteiger partial charge >= 0.3 is 0 Å². The van der Waals surface area contributed by atoms with Crippen molar-refractivity contribution < 1.29 is 9.90 Å². The van der Waals surface area contributed by atoms with Crippen molar-refractivity contribution in [3.8, 4) is 0 Å². The Balaban J connectivity index is 1.85. The molecule has 2 aromatic rings. The van der Waals surface area contributed by atoms with E-state index in [2.05, 4.69) is 5.32 Å². The molecule has 0 saturated heterocycles. The van der Waals surface area contributed by atoms with Crippen LogP contribution in [0, 0.1) is 6.92 Å². The Morgan fingerprint density at radius 3 is 2.45 bits per heavy atom. The molecule has 1 amide bonds. The van der Waals surface area contributed by atoms with Crippen LogP contribution in [-0.2, 0) is 11.2 Å². The molecule has 0 aromatic heterocycles. The van der Waals surface area contributed by atoms with Gasteiger partial charge < -0.3 is 10.4 Å². The molecule has 2 aromatic carbocycles. The number of aliphatic hydroxyl groups excluding tert-OH is 1. The fourth-order valence-corrected chi connectivity index (χ4v) is 2.05. The summed E-state index contributed by atoms with van der Waals surface area (Å²) in [6.07, 6.45) is -0.328. The Bertz CT molecular complexity index is 566. The zero-order valence-corrected chi connectivity index (χ0v) is 11.5. The van der Waals surface area contributed by atoms with Gasteiger partial charge in [0, 0.05) is 6.54 Å². The van der Waals surface area contributed by atoms with Crippen LogP contribution in [0.5, 0.6) is 0 Å². The Morgan fingerprint density at radius 1 is 1.10 bits per heavy atom. The van der Waals surface area contributed by atoms with Crippen molar-refractivity contribution in [2.45, 2.75) is 19.4 Å². The summed E-state index contributed by atoms with van der Waals surface area (Å²) in [7, 11) is 0. The number of amides is 1. The highest BCUT2D eigenvalue weighted by Crippen LogP contribution is 2.11. The van der Waals surface area contributed by atoms with E-state index in [4.69, 9.17) is 0 Å². The van der Waals surface area contributed by atoms with Crippen LogP contribution in [0.4, 0.5) is 0 Å². The molecule has 0 heterocycles. The smallest absolute Gasteiger partial charge is 0.224 e. The van der Waals surface area contributed by atoms with Crippen molar-refractivity contribution >= 4 is 5.91 Å². The third-order valence-electron chi connectivity index (χ3n) is 3.29. The quantitative estimate of drug-likeness (QED) is 0.875. The van der Waals surface area contributed by atoms with Crippen molar-refractivity contribution in [3.05, 3.63) is 71.3 Å². The summed E-state index contributed by atoms with van der Waals surface area (Å²) in [4.78, 5) is 11.9. The van der Waals surface area contributed by atoms with Crippen LogP contribution < -0.4 is 5.32 Å². The topological polar surface area (TPSA) is 49.3 Å². The van der Waals surface area contributed by atoms with E-state index in [1.165, 1.54) is 0 Å². The molecule has 0 radical (unpaired) electrons. The van der Waals surface area contributed by atoms with Gasteiger partial charge in [-0.25, -0.2) is 0 Å². The molecule has 104 valence electrons. The Hall–Kier alpha value is -2.13. The molecule has 0 saturated carbocycles.